The topological polar surface area (TPSA) is 56.5 Å². The molecule has 5 aromatic carbocycles. The van der Waals surface area contributed by atoms with Crippen molar-refractivity contribution in [3.8, 4) is 28.6 Å². The predicted molar refractivity (Wildman–Crippen MR) is 205 cm³/mol. The molecule has 5 nitrogen and oxygen atoms in total. The summed E-state index contributed by atoms with van der Waals surface area (Å²) in [4.78, 5) is 19.2. The summed E-state index contributed by atoms with van der Waals surface area (Å²) in [5.41, 5.74) is 9.31. The highest BCUT2D eigenvalue weighted by molar-refractivity contribution is 6.09. The summed E-state index contributed by atoms with van der Waals surface area (Å²) >= 11 is 0. The molecule has 0 aliphatic heterocycles. The number of hydrogen-bond acceptors (Lipinski definition) is 4. The molecule has 8 aromatic rings. The van der Waals surface area contributed by atoms with Crippen molar-refractivity contribution in [1.82, 2.24) is 24.5 Å². The molecule has 4 saturated carbocycles. The van der Waals surface area contributed by atoms with Crippen molar-refractivity contribution in [1.29, 1.82) is 0 Å². The minimum atomic E-state index is -0.0244. The zero-order valence-corrected chi connectivity index (χ0v) is 28.4. The van der Waals surface area contributed by atoms with Crippen molar-refractivity contribution < 1.29 is 0 Å². The molecule has 51 heavy (non-hydrogen) atoms. The van der Waals surface area contributed by atoms with Crippen molar-refractivity contribution in [3.63, 3.8) is 0 Å². The molecule has 0 amide bonds. The molecular weight excluding hydrogens is 623 g/mol. The van der Waals surface area contributed by atoms with E-state index in [1.165, 1.54) is 70.7 Å². The fourth-order valence-electron chi connectivity index (χ4n) is 10.8. The van der Waals surface area contributed by atoms with Crippen molar-refractivity contribution in [2.75, 3.05) is 0 Å². The van der Waals surface area contributed by atoms with Gasteiger partial charge in [-0.25, -0.2) is 19.9 Å². The normalized spacial score (nSPS) is 23.8. The molecule has 4 aliphatic carbocycles. The zero-order valence-electron chi connectivity index (χ0n) is 28.4. The largest absolute Gasteiger partial charge is 0.309 e. The first kappa shape index (κ1) is 29.1. The molecule has 12 rings (SSSR count). The van der Waals surface area contributed by atoms with Gasteiger partial charge in [-0.05, 0) is 109 Å². The summed E-state index contributed by atoms with van der Waals surface area (Å²) in [6, 6.07) is 46.5. The summed E-state index contributed by atoms with van der Waals surface area (Å²) < 4.78 is 2.44. The van der Waals surface area contributed by atoms with E-state index in [0.717, 1.165) is 34.0 Å². The van der Waals surface area contributed by atoms with Crippen molar-refractivity contribution in [2.24, 2.45) is 23.7 Å². The van der Waals surface area contributed by atoms with Crippen LogP contribution in [-0.2, 0) is 5.41 Å². The van der Waals surface area contributed by atoms with E-state index in [4.69, 9.17) is 9.97 Å². The maximum atomic E-state index is 5.08. The van der Waals surface area contributed by atoms with Gasteiger partial charge in [0, 0.05) is 45.2 Å². The zero-order chi connectivity index (χ0) is 33.5. The number of nitrogens with zero attached hydrogens (tertiary/aromatic N) is 5. The van der Waals surface area contributed by atoms with Gasteiger partial charge in [-0.3, -0.25) is 0 Å². The van der Waals surface area contributed by atoms with Gasteiger partial charge in [0.15, 0.2) is 11.6 Å². The molecule has 0 spiro atoms. The lowest BCUT2D eigenvalue weighted by Crippen LogP contribution is -2.56. The molecule has 4 aliphatic rings. The first-order chi connectivity index (χ1) is 25.2. The average molecular weight is 660 g/mol. The quantitative estimate of drug-likeness (QED) is 0.185. The Kier molecular flexibility index (Phi) is 6.37. The second kappa shape index (κ2) is 11.2. The van der Waals surface area contributed by atoms with Gasteiger partial charge in [0.05, 0.1) is 16.6 Å². The smallest absolute Gasteiger partial charge is 0.178 e. The molecule has 246 valence electrons. The highest BCUT2D eigenvalue weighted by Crippen LogP contribution is 2.65. The Balaban J connectivity index is 1.08. The minimum Gasteiger partial charge on any atom is -0.309 e. The first-order valence-electron chi connectivity index (χ1n) is 18.5. The Bertz CT molecular complexity index is 2560. The first-order valence-corrected chi connectivity index (χ1v) is 18.5. The maximum Gasteiger partial charge on any atom is 0.178 e. The van der Waals surface area contributed by atoms with Crippen LogP contribution in [0, 0.1) is 23.7 Å². The summed E-state index contributed by atoms with van der Waals surface area (Å²) in [6.45, 7) is 0. The standard InChI is InChI=1S/C46H37N5/c1-2-9-36(10-3-1)51-41-14-7-5-11-37(41)39-28-33(19-20-42(39)51)46(34-24-29-23-30(26-34)27-35(46)25-29)32-17-15-31(16-18-32)44-49-40-13-6-4-12-38(40)43(50-44)45-47-21-8-22-48-45/h1-22,28-30,34-35H,23-27H2. The molecule has 0 saturated heterocycles. The van der Waals surface area contributed by atoms with Gasteiger partial charge in [0.1, 0.15) is 5.69 Å². The second-order valence-electron chi connectivity index (χ2n) is 15.2. The Morgan fingerprint density at radius 3 is 1.92 bits per heavy atom. The molecule has 5 heteroatoms. The Morgan fingerprint density at radius 2 is 1.16 bits per heavy atom. The van der Waals surface area contributed by atoms with E-state index in [0.29, 0.717) is 23.5 Å². The molecule has 0 atom stereocenters. The van der Waals surface area contributed by atoms with Crippen LogP contribution >= 0.6 is 0 Å². The third-order valence-corrected chi connectivity index (χ3v) is 12.6. The number of aromatic nitrogens is 5. The lowest BCUT2D eigenvalue weighted by Gasteiger charge is -2.62. The van der Waals surface area contributed by atoms with Crippen LogP contribution in [0.1, 0.15) is 43.2 Å². The lowest BCUT2D eigenvalue weighted by molar-refractivity contribution is -0.0417. The predicted octanol–water partition coefficient (Wildman–Crippen LogP) is 10.6. The number of rotatable bonds is 5. The number of fused-ring (bicyclic) bond motifs is 4. The van der Waals surface area contributed by atoms with Crippen molar-refractivity contribution >= 4 is 32.7 Å². The van der Waals surface area contributed by atoms with Crippen LogP contribution < -0.4 is 0 Å². The number of hydrogen-bond donors (Lipinski definition) is 0. The monoisotopic (exact) mass is 659 g/mol. The van der Waals surface area contributed by atoms with Gasteiger partial charge in [0.2, 0.25) is 0 Å². The third-order valence-electron chi connectivity index (χ3n) is 12.6. The summed E-state index contributed by atoms with van der Waals surface area (Å²) in [5.74, 6) is 4.33. The van der Waals surface area contributed by atoms with Crippen molar-refractivity contribution in [2.45, 2.75) is 37.5 Å². The van der Waals surface area contributed by atoms with Crippen LogP contribution in [-0.4, -0.2) is 24.5 Å². The molecule has 0 unspecified atom stereocenters. The maximum absolute atomic E-state index is 5.08. The Morgan fingerprint density at radius 1 is 0.510 bits per heavy atom. The van der Waals surface area contributed by atoms with E-state index in [-0.39, 0.29) is 5.41 Å². The molecule has 0 radical (unpaired) electrons. The fourth-order valence-corrected chi connectivity index (χ4v) is 10.8. The van der Waals surface area contributed by atoms with Crippen LogP contribution in [0.15, 0.2) is 140 Å². The van der Waals surface area contributed by atoms with Gasteiger partial charge in [-0.1, -0.05) is 84.9 Å². The minimum absolute atomic E-state index is 0.0244. The van der Waals surface area contributed by atoms with Crippen molar-refractivity contribution in [3.05, 3.63) is 151 Å². The number of para-hydroxylation sites is 3. The Labute approximate surface area is 297 Å². The van der Waals surface area contributed by atoms with Gasteiger partial charge in [-0.2, -0.15) is 0 Å². The van der Waals surface area contributed by atoms with Gasteiger partial charge in [0.25, 0.3) is 0 Å². The Hall–Kier alpha value is -5.68. The van der Waals surface area contributed by atoms with Crippen LogP contribution in [0.5, 0.6) is 0 Å². The lowest BCUT2D eigenvalue weighted by atomic mass is 9.42. The molecule has 3 aromatic heterocycles. The van der Waals surface area contributed by atoms with Gasteiger partial charge >= 0.3 is 0 Å². The molecule has 3 heterocycles. The van der Waals surface area contributed by atoms with Crippen LogP contribution in [0.3, 0.4) is 0 Å². The van der Waals surface area contributed by atoms with E-state index in [1.54, 1.807) is 12.4 Å². The molecule has 4 fully saturated rings. The highest BCUT2D eigenvalue weighted by Gasteiger charge is 2.58. The molecule has 4 bridgehead atoms. The summed E-state index contributed by atoms with van der Waals surface area (Å²) in [6.07, 6.45) is 10.3. The SMILES string of the molecule is c1ccc(-n2c3ccccc3c3cc(C4(c5ccc(-c6nc(-c7ncccn7)c7ccccc7n6)cc5)C5CC6CC(C5)CC4C6)ccc32)cc1. The third kappa shape index (κ3) is 4.33. The van der Waals surface area contributed by atoms with E-state index in [1.807, 2.05) is 18.2 Å². The molecular formula is C46H37N5. The highest BCUT2D eigenvalue weighted by atomic mass is 15.0. The van der Waals surface area contributed by atoms with Crippen LogP contribution in [0.25, 0.3) is 61.3 Å². The fraction of sp³-hybridized carbons (Fsp3) is 0.217. The van der Waals surface area contributed by atoms with E-state index >= 15 is 0 Å². The number of benzene rings is 5. The van der Waals surface area contributed by atoms with Crippen LogP contribution in [0.4, 0.5) is 0 Å². The van der Waals surface area contributed by atoms with Gasteiger partial charge in [-0.15, -0.1) is 0 Å². The van der Waals surface area contributed by atoms with Gasteiger partial charge < -0.3 is 4.57 Å². The summed E-state index contributed by atoms with van der Waals surface area (Å²) in [5, 5.41) is 3.62. The summed E-state index contributed by atoms with van der Waals surface area (Å²) in [7, 11) is 0. The van der Waals surface area contributed by atoms with E-state index in [2.05, 4.69) is 124 Å². The van der Waals surface area contributed by atoms with E-state index < -0.39 is 0 Å². The molecule has 0 N–H and O–H groups in total. The average Bonchev–Trinajstić information content (AvgIpc) is 3.52. The van der Waals surface area contributed by atoms with Crippen LogP contribution in [0.2, 0.25) is 0 Å². The van der Waals surface area contributed by atoms with E-state index in [9.17, 15) is 0 Å². The second-order valence-corrected chi connectivity index (χ2v) is 15.2.